The highest BCUT2D eigenvalue weighted by Gasteiger charge is 2.48. The third kappa shape index (κ3) is 4.27. The maximum absolute atomic E-state index is 13.3. The Kier molecular flexibility index (Phi) is 5.31. The number of hydrogen-bond acceptors (Lipinski definition) is 7. The Bertz CT molecular complexity index is 820. The fraction of sp³-hybridized carbons (Fsp3) is 0.438. The van der Waals surface area contributed by atoms with Crippen LogP contribution < -0.4 is 4.74 Å². The Morgan fingerprint density at radius 1 is 1.46 bits per heavy atom. The summed E-state index contributed by atoms with van der Waals surface area (Å²) < 4.78 is 49.4. The molecule has 2 aliphatic heterocycles. The van der Waals surface area contributed by atoms with Crippen molar-refractivity contribution in [3.63, 3.8) is 0 Å². The molecule has 1 aromatic carbocycles. The quantitative estimate of drug-likeness (QED) is 0.199. The van der Waals surface area contributed by atoms with Gasteiger partial charge < -0.3 is 24.6 Å². The molecule has 0 unspecified atom stereocenters. The van der Waals surface area contributed by atoms with E-state index in [0.29, 0.717) is 5.56 Å². The molecule has 0 radical (unpaired) electrons. The van der Waals surface area contributed by atoms with Gasteiger partial charge in [-0.3, -0.25) is 0 Å². The maximum atomic E-state index is 13.3. The van der Waals surface area contributed by atoms with E-state index in [2.05, 4.69) is 14.9 Å². The number of carbonyl (C=O) groups excluding carboxylic acids is 1. The molecule has 0 saturated carbocycles. The van der Waals surface area contributed by atoms with Crippen molar-refractivity contribution in [2.24, 2.45) is 5.28 Å². The molecule has 1 atom stereocenters. The second kappa shape index (κ2) is 7.54. The molecule has 1 N–H and O–H groups in total. The Balaban J connectivity index is 1.66. The van der Waals surface area contributed by atoms with E-state index in [-0.39, 0.29) is 23.8 Å². The van der Waals surface area contributed by atoms with Crippen molar-refractivity contribution < 1.29 is 42.4 Å². The van der Waals surface area contributed by atoms with Crippen molar-refractivity contribution in [1.29, 1.82) is 0 Å². The molecule has 0 amide bonds. The lowest BCUT2D eigenvalue weighted by Crippen LogP contribution is -2.53. The number of esters is 1. The summed E-state index contributed by atoms with van der Waals surface area (Å²) in [5.41, 5.74) is 0.324. The van der Waals surface area contributed by atoms with Crippen molar-refractivity contribution in [3.05, 3.63) is 40.1 Å². The number of rotatable bonds is 5. The van der Waals surface area contributed by atoms with E-state index in [9.17, 15) is 23.2 Å². The summed E-state index contributed by atoms with van der Waals surface area (Å²) in [5.74, 6) is -1.32. The van der Waals surface area contributed by atoms with Crippen molar-refractivity contribution in [3.8, 4) is 5.75 Å². The SMILES string of the molecule is Cc1ccc2c(c1)C=C(C(=O)OCO/N=[N+](\[O-])N1CC(O)C1)[C@@H](C(F)(F)F)O2. The first kappa shape index (κ1) is 19.7. The Labute approximate surface area is 156 Å². The van der Waals surface area contributed by atoms with Crippen LogP contribution in [0.2, 0.25) is 0 Å². The van der Waals surface area contributed by atoms with E-state index >= 15 is 0 Å². The van der Waals surface area contributed by atoms with Crippen molar-refractivity contribution in [2.75, 3.05) is 19.9 Å². The van der Waals surface area contributed by atoms with E-state index in [0.717, 1.165) is 16.6 Å². The minimum Gasteiger partial charge on any atom is -0.569 e. The van der Waals surface area contributed by atoms with Gasteiger partial charge in [0.1, 0.15) is 24.9 Å². The number of carbonyl (C=O) groups is 1. The van der Waals surface area contributed by atoms with Crippen molar-refractivity contribution in [2.45, 2.75) is 25.3 Å². The first-order chi connectivity index (χ1) is 13.1. The number of hydrazine groups is 1. The molecule has 152 valence electrons. The molecule has 1 fully saturated rings. The normalized spacial score (nSPS) is 19.9. The zero-order chi connectivity index (χ0) is 20.5. The molecule has 0 aromatic heterocycles. The number of aryl methyl sites for hydroxylation is 1. The molecule has 0 bridgehead atoms. The zero-order valence-electron chi connectivity index (χ0n) is 14.5. The number of β-amino-alcohol motifs (C(OH)–C–C–N with tert-alkyl or cyclic N) is 1. The van der Waals surface area contributed by atoms with Gasteiger partial charge in [0, 0.05) is 5.56 Å². The van der Waals surface area contributed by atoms with Crippen LogP contribution in [0, 0.1) is 12.1 Å². The number of halogens is 3. The van der Waals surface area contributed by atoms with Gasteiger partial charge in [-0.25, -0.2) is 4.79 Å². The zero-order valence-corrected chi connectivity index (χ0v) is 14.5. The van der Waals surface area contributed by atoms with Gasteiger partial charge >= 0.3 is 12.1 Å². The molecule has 9 nitrogen and oxygen atoms in total. The fourth-order valence-corrected chi connectivity index (χ4v) is 2.59. The van der Waals surface area contributed by atoms with Gasteiger partial charge in [0.2, 0.25) is 11.4 Å². The molecular formula is C16H16F3N3O6. The van der Waals surface area contributed by atoms with Crippen LogP contribution in [0.3, 0.4) is 0 Å². The Hall–Kier alpha value is -3.02. The smallest absolute Gasteiger partial charge is 0.430 e. The van der Waals surface area contributed by atoms with Crippen molar-refractivity contribution in [1.82, 2.24) is 5.01 Å². The summed E-state index contributed by atoms with van der Waals surface area (Å²) in [7, 11) is 0. The summed E-state index contributed by atoms with van der Waals surface area (Å²) in [5, 5.41) is 24.6. The van der Waals surface area contributed by atoms with Crippen LogP contribution in [-0.2, 0) is 14.4 Å². The fourth-order valence-electron chi connectivity index (χ4n) is 2.59. The van der Waals surface area contributed by atoms with Crippen LogP contribution in [0.1, 0.15) is 11.1 Å². The molecule has 0 aliphatic carbocycles. The van der Waals surface area contributed by atoms with E-state index in [4.69, 9.17) is 9.84 Å². The number of hydrogen-bond donors (Lipinski definition) is 1. The lowest BCUT2D eigenvalue weighted by atomic mass is 10.00. The summed E-state index contributed by atoms with van der Waals surface area (Å²) in [6, 6.07) is 4.54. The van der Waals surface area contributed by atoms with Gasteiger partial charge in [0.25, 0.3) is 6.79 Å². The molecule has 1 saturated heterocycles. The number of fused-ring (bicyclic) bond motifs is 1. The average Bonchev–Trinajstić information content (AvgIpc) is 2.60. The second-order valence-corrected chi connectivity index (χ2v) is 6.22. The molecule has 0 spiro atoms. The van der Waals surface area contributed by atoms with E-state index in [1.807, 2.05) is 0 Å². The van der Waals surface area contributed by atoms with E-state index in [1.165, 1.54) is 6.07 Å². The van der Waals surface area contributed by atoms with Gasteiger partial charge in [0.15, 0.2) is 0 Å². The highest BCUT2D eigenvalue weighted by atomic mass is 19.4. The maximum Gasteiger partial charge on any atom is 0.430 e. The van der Waals surface area contributed by atoms with Gasteiger partial charge in [-0.2, -0.15) is 13.2 Å². The number of alkyl halides is 3. The van der Waals surface area contributed by atoms with Crippen LogP contribution in [0.25, 0.3) is 6.08 Å². The minimum absolute atomic E-state index is 0.00513. The monoisotopic (exact) mass is 403 g/mol. The van der Waals surface area contributed by atoms with Crippen LogP contribution in [0.4, 0.5) is 13.2 Å². The first-order valence-electron chi connectivity index (χ1n) is 8.11. The third-order valence-corrected chi connectivity index (χ3v) is 3.99. The van der Waals surface area contributed by atoms with E-state index < -0.39 is 36.7 Å². The van der Waals surface area contributed by atoms with Gasteiger partial charge in [-0.15, -0.1) is 5.01 Å². The predicted molar refractivity (Wildman–Crippen MR) is 85.3 cm³/mol. The summed E-state index contributed by atoms with van der Waals surface area (Å²) in [6.45, 7) is 0.985. The molecular weight excluding hydrogens is 387 g/mol. The Morgan fingerprint density at radius 2 is 2.18 bits per heavy atom. The summed E-state index contributed by atoms with van der Waals surface area (Å²) >= 11 is 0. The van der Waals surface area contributed by atoms with Crippen LogP contribution >= 0.6 is 0 Å². The van der Waals surface area contributed by atoms with Gasteiger partial charge in [0.05, 0.1) is 10.5 Å². The molecule has 2 aliphatic rings. The molecule has 12 heteroatoms. The lowest BCUT2D eigenvalue weighted by Gasteiger charge is -2.30. The standard InChI is InChI=1S/C16H16F3N3O6/c1-9-2-3-13-10(4-9)5-12(14(28-13)16(17,18)19)15(24)26-8-27-20-22(25)21-6-11(23)7-21/h2-5,11,14,23H,6-8H2,1H3/b22-20-/t14-/m0/s1. The molecule has 2 heterocycles. The largest absolute Gasteiger partial charge is 0.569 e. The third-order valence-electron chi connectivity index (χ3n) is 3.99. The van der Waals surface area contributed by atoms with Crippen LogP contribution in [0.15, 0.2) is 29.0 Å². The molecule has 28 heavy (non-hydrogen) atoms. The van der Waals surface area contributed by atoms with E-state index in [1.54, 1.807) is 19.1 Å². The van der Waals surface area contributed by atoms with Gasteiger partial charge in [-0.05, 0) is 25.1 Å². The summed E-state index contributed by atoms with van der Waals surface area (Å²) in [6.07, 6.45) is -6.94. The highest BCUT2D eigenvalue weighted by Crippen LogP contribution is 2.37. The number of aliphatic hydroxyl groups excluding tert-OH is 1. The number of benzene rings is 1. The second-order valence-electron chi connectivity index (χ2n) is 6.22. The van der Waals surface area contributed by atoms with Gasteiger partial charge in [-0.1, -0.05) is 11.6 Å². The Morgan fingerprint density at radius 3 is 2.82 bits per heavy atom. The minimum atomic E-state index is -4.84. The predicted octanol–water partition coefficient (Wildman–Crippen LogP) is 1.69. The molecule has 1 aromatic rings. The van der Waals surface area contributed by atoms with Crippen molar-refractivity contribution >= 4 is 12.0 Å². The lowest BCUT2D eigenvalue weighted by molar-refractivity contribution is -0.727. The molecule has 3 rings (SSSR count). The van der Waals surface area contributed by atoms with Crippen LogP contribution in [0.5, 0.6) is 5.75 Å². The highest BCUT2D eigenvalue weighted by molar-refractivity contribution is 5.96. The number of ether oxygens (including phenoxy) is 2. The van der Waals surface area contributed by atoms with Crippen LogP contribution in [-0.4, -0.2) is 59.3 Å². The topological polar surface area (TPSA) is 107 Å². The first-order valence-corrected chi connectivity index (χ1v) is 8.11. The number of nitrogens with zero attached hydrogens (tertiary/aromatic N) is 3. The number of aliphatic hydroxyl groups is 1. The summed E-state index contributed by atoms with van der Waals surface area (Å²) in [4.78, 5) is 16.6. The average molecular weight is 403 g/mol.